The zero-order valence-electron chi connectivity index (χ0n) is 14.4. The van der Waals surface area contributed by atoms with E-state index < -0.39 is 0 Å². The molecule has 1 aromatic heterocycles. The van der Waals surface area contributed by atoms with E-state index in [0.717, 1.165) is 10.9 Å². The summed E-state index contributed by atoms with van der Waals surface area (Å²) in [6.07, 6.45) is 0.164. The normalized spacial score (nSPS) is 20.8. The number of amides is 1. The fourth-order valence-electron chi connectivity index (χ4n) is 3.61. The van der Waals surface area contributed by atoms with Crippen LogP contribution in [-0.2, 0) is 4.74 Å². The van der Waals surface area contributed by atoms with E-state index in [1.165, 1.54) is 16.5 Å². The molecule has 1 aliphatic heterocycles. The van der Waals surface area contributed by atoms with Gasteiger partial charge in [-0.2, -0.15) is 11.3 Å². The van der Waals surface area contributed by atoms with Crippen molar-refractivity contribution in [1.29, 1.82) is 0 Å². The zero-order chi connectivity index (χ0) is 17.4. The van der Waals surface area contributed by atoms with E-state index in [1.54, 1.807) is 11.3 Å². The zero-order valence-corrected chi connectivity index (χ0v) is 15.3. The average molecular weight is 351 g/mol. The highest BCUT2D eigenvalue weighted by Gasteiger charge is 2.26. The molecule has 1 aliphatic rings. The molecule has 0 unspecified atom stereocenters. The quantitative estimate of drug-likeness (QED) is 0.662. The van der Waals surface area contributed by atoms with Crippen LogP contribution < -0.4 is 0 Å². The van der Waals surface area contributed by atoms with Gasteiger partial charge >= 0.3 is 0 Å². The minimum atomic E-state index is 0.0818. The van der Waals surface area contributed by atoms with Gasteiger partial charge in [-0.1, -0.05) is 24.3 Å². The number of morpholine rings is 1. The number of thiophene rings is 1. The highest BCUT2D eigenvalue weighted by atomic mass is 32.1. The van der Waals surface area contributed by atoms with Crippen molar-refractivity contribution in [2.24, 2.45) is 0 Å². The molecule has 2 atom stereocenters. The van der Waals surface area contributed by atoms with Gasteiger partial charge in [0, 0.05) is 18.7 Å². The molecule has 0 radical (unpaired) electrons. The Bertz CT molecular complexity index is 893. The molecule has 3 nitrogen and oxygen atoms in total. The van der Waals surface area contributed by atoms with Gasteiger partial charge < -0.3 is 9.64 Å². The van der Waals surface area contributed by atoms with Crippen molar-refractivity contribution in [2.75, 3.05) is 13.1 Å². The minimum absolute atomic E-state index is 0.0818. The monoisotopic (exact) mass is 351 g/mol. The summed E-state index contributed by atoms with van der Waals surface area (Å²) in [6, 6.07) is 14.4. The van der Waals surface area contributed by atoms with Crippen molar-refractivity contribution in [3.05, 3.63) is 58.8 Å². The Morgan fingerprint density at radius 3 is 2.64 bits per heavy atom. The molecule has 3 aromatic rings. The van der Waals surface area contributed by atoms with E-state index in [2.05, 4.69) is 41.1 Å². The van der Waals surface area contributed by atoms with Crippen molar-refractivity contribution in [2.45, 2.75) is 26.1 Å². The van der Waals surface area contributed by atoms with Gasteiger partial charge in [0.25, 0.3) is 5.91 Å². The van der Waals surface area contributed by atoms with Crippen LogP contribution in [0.25, 0.3) is 21.9 Å². The Morgan fingerprint density at radius 2 is 1.92 bits per heavy atom. The van der Waals surface area contributed by atoms with Gasteiger partial charge in [-0.3, -0.25) is 4.79 Å². The molecule has 0 saturated carbocycles. The predicted octanol–water partition coefficient (Wildman–Crippen LogP) is 4.82. The van der Waals surface area contributed by atoms with Crippen molar-refractivity contribution < 1.29 is 9.53 Å². The van der Waals surface area contributed by atoms with E-state index >= 15 is 0 Å². The number of hydrogen-bond donors (Lipinski definition) is 0. The lowest BCUT2D eigenvalue weighted by atomic mass is 9.98. The lowest BCUT2D eigenvalue weighted by molar-refractivity contribution is -0.0586. The van der Waals surface area contributed by atoms with Crippen LogP contribution in [0.5, 0.6) is 0 Å². The summed E-state index contributed by atoms with van der Waals surface area (Å²) in [5, 5.41) is 6.53. The van der Waals surface area contributed by atoms with E-state index in [9.17, 15) is 4.79 Å². The average Bonchev–Trinajstić information content (AvgIpc) is 3.13. The highest BCUT2D eigenvalue weighted by Crippen LogP contribution is 2.31. The first-order valence-corrected chi connectivity index (χ1v) is 9.56. The summed E-state index contributed by atoms with van der Waals surface area (Å²) in [7, 11) is 0. The number of rotatable bonds is 2. The van der Waals surface area contributed by atoms with Gasteiger partial charge in [0.2, 0.25) is 0 Å². The van der Waals surface area contributed by atoms with Gasteiger partial charge in [-0.15, -0.1) is 0 Å². The molecule has 1 fully saturated rings. The maximum atomic E-state index is 12.9. The first kappa shape index (κ1) is 16.3. The van der Waals surface area contributed by atoms with Crippen LogP contribution in [0.3, 0.4) is 0 Å². The Balaban J connectivity index is 1.69. The summed E-state index contributed by atoms with van der Waals surface area (Å²) in [5.74, 6) is 0.0878. The molecule has 2 heterocycles. The smallest absolute Gasteiger partial charge is 0.254 e. The Hall–Kier alpha value is -2.17. The summed E-state index contributed by atoms with van der Waals surface area (Å²) < 4.78 is 5.74. The second-order valence-electron chi connectivity index (χ2n) is 6.72. The van der Waals surface area contributed by atoms with Crippen molar-refractivity contribution in [1.82, 2.24) is 4.90 Å². The van der Waals surface area contributed by atoms with Crippen LogP contribution >= 0.6 is 11.3 Å². The minimum Gasteiger partial charge on any atom is -0.372 e. The third-order valence-corrected chi connectivity index (χ3v) is 5.35. The SMILES string of the molecule is C[C@@H]1CN(C(=O)c2ccc3c(-c4ccsc4)cccc3c2)C[C@H](C)O1. The molecule has 0 N–H and O–H groups in total. The highest BCUT2D eigenvalue weighted by molar-refractivity contribution is 7.08. The molecule has 2 aromatic carbocycles. The molecule has 1 saturated heterocycles. The third-order valence-electron chi connectivity index (χ3n) is 4.67. The van der Waals surface area contributed by atoms with Gasteiger partial charge in [0.15, 0.2) is 0 Å². The molecule has 4 rings (SSSR count). The standard InChI is InChI=1S/C21H21NO2S/c1-14-11-22(12-15(2)24-14)21(23)17-6-7-20-16(10-17)4-3-5-19(20)18-8-9-25-13-18/h3-10,13-15H,11-12H2,1-2H3/t14-,15+. The second kappa shape index (κ2) is 6.62. The molecule has 4 heteroatoms. The second-order valence-corrected chi connectivity index (χ2v) is 7.50. The first-order chi connectivity index (χ1) is 12.1. The predicted molar refractivity (Wildman–Crippen MR) is 103 cm³/mol. The summed E-state index contributed by atoms with van der Waals surface area (Å²) in [4.78, 5) is 14.8. The molecule has 0 bridgehead atoms. The maximum Gasteiger partial charge on any atom is 0.254 e. The van der Waals surface area contributed by atoms with E-state index in [0.29, 0.717) is 13.1 Å². The number of carbonyl (C=O) groups excluding carboxylic acids is 1. The van der Waals surface area contributed by atoms with Crippen LogP contribution in [0.4, 0.5) is 0 Å². The molecule has 0 spiro atoms. The van der Waals surface area contributed by atoms with Crippen LogP contribution in [-0.4, -0.2) is 36.1 Å². The number of hydrogen-bond acceptors (Lipinski definition) is 3. The molecule has 25 heavy (non-hydrogen) atoms. The number of benzene rings is 2. The Kier molecular flexibility index (Phi) is 4.32. The van der Waals surface area contributed by atoms with Gasteiger partial charge in [-0.25, -0.2) is 0 Å². The maximum absolute atomic E-state index is 12.9. The van der Waals surface area contributed by atoms with Gasteiger partial charge in [0.05, 0.1) is 12.2 Å². The van der Waals surface area contributed by atoms with E-state index in [4.69, 9.17) is 4.74 Å². The van der Waals surface area contributed by atoms with E-state index in [-0.39, 0.29) is 18.1 Å². The summed E-state index contributed by atoms with van der Waals surface area (Å²) in [5.41, 5.74) is 3.19. The van der Waals surface area contributed by atoms with Crippen LogP contribution in [0, 0.1) is 0 Å². The van der Waals surface area contributed by atoms with Crippen molar-refractivity contribution in [3.63, 3.8) is 0 Å². The number of carbonyl (C=O) groups is 1. The number of fused-ring (bicyclic) bond motifs is 1. The number of ether oxygens (including phenoxy) is 1. The van der Waals surface area contributed by atoms with Crippen molar-refractivity contribution >= 4 is 28.0 Å². The Morgan fingerprint density at radius 1 is 1.12 bits per heavy atom. The topological polar surface area (TPSA) is 29.5 Å². The molecule has 128 valence electrons. The lowest BCUT2D eigenvalue weighted by Gasteiger charge is -2.35. The summed E-state index contributed by atoms with van der Waals surface area (Å²) >= 11 is 1.70. The number of nitrogens with zero attached hydrogens (tertiary/aromatic N) is 1. The molecular formula is C21H21NO2S. The Labute approximate surface area is 151 Å². The van der Waals surface area contributed by atoms with Crippen molar-refractivity contribution in [3.8, 4) is 11.1 Å². The fourth-order valence-corrected chi connectivity index (χ4v) is 4.27. The first-order valence-electron chi connectivity index (χ1n) is 8.62. The van der Waals surface area contributed by atoms with E-state index in [1.807, 2.05) is 30.9 Å². The third kappa shape index (κ3) is 3.20. The lowest BCUT2D eigenvalue weighted by Crippen LogP contribution is -2.48. The molecular weight excluding hydrogens is 330 g/mol. The van der Waals surface area contributed by atoms with Crippen LogP contribution in [0.2, 0.25) is 0 Å². The molecule has 0 aliphatic carbocycles. The largest absolute Gasteiger partial charge is 0.372 e. The summed E-state index contributed by atoms with van der Waals surface area (Å²) in [6.45, 7) is 5.33. The fraction of sp³-hybridized carbons (Fsp3) is 0.286. The van der Waals surface area contributed by atoms with Crippen LogP contribution in [0.1, 0.15) is 24.2 Å². The van der Waals surface area contributed by atoms with Gasteiger partial charge in [0.1, 0.15) is 0 Å². The van der Waals surface area contributed by atoms with Gasteiger partial charge in [-0.05, 0) is 64.7 Å². The van der Waals surface area contributed by atoms with Crippen LogP contribution in [0.15, 0.2) is 53.2 Å². The molecule has 1 amide bonds.